The second-order valence-electron chi connectivity index (χ2n) is 7.40. The Morgan fingerprint density at radius 3 is 2.33 bits per heavy atom. The first-order valence-corrected chi connectivity index (χ1v) is 8.62. The lowest BCUT2D eigenvalue weighted by molar-refractivity contribution is -0.154. The molecule has 118 valence electrons. The van der Waals surface area contributed by atoms with Gasteiger partial charge in [0.25, 0.3) is 0 Å². The van der Waals surface area contributed by atoms with E-state index in [2.05, 4.69) is 0 Å². The maximum atomic E-state index is 12.6. The number of rotatable bonds is 3. The largest absolute Gasteiger partial charge is 0.481 e. The van der Waals surface area contributed by atoms with E-state index in [0.29, 0.717) is 18.8 Å². The molecule has 4 heteroatoms. The van der Waals surface area contributed by atoms with Gasteiger partial charge in [-0.15, -0.1) is 0 Å². The van der Waals surface area contributed by atoms with Crippen LogP contribution in [0.2, 0.25) is 0 Å². The van der Waals surface area contributed by atoms with E-state index in [9.17, 15) is 14.7 Å². The van der Waals surface area contributed by atoms with Gasteiger partial charge < -0.3 is 10.0 Å². The molecule has 0 bridgehead atoms. The first-order valence-electron chi connectivity index (χ1n) is 8.62. The van der Waals surface area contributed by atoms with Crippen molar-refractivity contribution in [3.63, 3.8) is 0 Å². The van der Waals surface area contributed by atoms with Crippen LogP contribution >= 0.6 is 0 Å². The number of carboxylic acid groups (broad SMARTS) is 1. The minimum Gasteiger partial charge on any atom is -0.481 e. The third-order valence-corrected chi connectivity index (χ3v) is 6.15. The molecule has 2 saturated carbocycles. The SMILES string of the molecule is O=C(CC1(C(=O)O)CCCC1)N1CCC2CCCCC2C1. The Kier molecular flexibility index (Phi) is 4.23. The van der Waals surface area contributed by atoms with Crippen molar-refractivity contribution in [3.8, 4) is 0 Å². The van der Waals surface area contributed by atoms with Gasteiger partial charge in [-0.25, -0.2) is 0 Å². The Morgan fingerprint density at radius 2 is 1.67 bits per heavy atom. The fraction of sp³-hybridized carbons (Fsp3) is 0.882. The number of piperidine rings is 1. The van der Waals surface area contributed by atoms with Crippen molar-refractivity contribution in [3.05, 3.63) is 0 Å². The van der Waals surface area contributed by atoms with Crippen LogP contribution in [-0.2, 0) is 9.59 Å². The molecule has 0 spiro atoms. The highest BCUT2D eigenvalue weighted by Crippen LogP contribution is 2.42. The van der Waals surface area contributed by atoms with Crippen LogP contribution in [0, 0.1) is 17.3 Å². The van der Waals surface area contributed by atoms with E-state index in [4.69, 9.17) is 0 Å². The van der Waals surface area contributed by atoms with Gasteiger partial charge in [-0.1, -0.05) is 32.1 Å². The highest BCUT2D eigenvalue weighted by Gasteiger charge is 2.44. The Hall–Kier alpha value is -1.06. The van der Waals surface area contributed by atoms with Crippen LogP contribution in [0.1, 0.15) is 64.2 Å². The Morgan fingerprint density at radius 1 is 1.00 bits per heavy atom. The molecule has 4 nitrogen and oxygen atoms in total. The van der Waals surface area contributed by atoms with Crippen LogP contribution in [-0.4, -0.2) is 35.0 Å². The third-order valence-electron chi connectivity index (χ3n) is 6.15. The van der Waals surface area contributed by atoms with E-state index < -0.39 is 11.4 Å². The average Bonchev–Trinajstić information content (AvgIpc) is 2.96. The molecule has 1 N–H and O–H groups in total. The Balaban J connectivity index is 1.61. The quantitative estimate of drug-likeness (QED) is 0.870. The molecule has 2 unspecified atom stereocenters. The van der Waals surface area contributed by atoms with Gasteiger partial charge in [-0.2, -0.15) is 0 Å². The standard InChI is InChI=1S/C17H27NO3/c19-15(11-17(16(20)21)8-3-4-9-17)18-10-7-13-5-1-2-6-14(13)12-18/h13-14H,1-12H2,(H,20,21). The van der Waals surface area contributed by atoms with Gasteiger partial charge in [0, 0.05) is 19.5 Å². The molecular formula is C17H27NO3. The zero-order valence-electron chi connectivity index (χ0n) is 12.9. The number of fused-ring (bicyclic) bond motifs is 1. The highest BCUT2D eigenvalue weighted by molar-refractivity contribution is 5.85. The van der Waals surface area contributed by atoms with E-state index in [0.717, 1.165) is 38.3 Å². The maximum Gasteiger partial charge on any atom is 0.310 e. The Bertz CT molecular complexity index is 414. The molecular weight excluding hydrogens is 266 g/mol. The van der Waals surface area contributed by atoms with Crippen LogP contribution in [0.25, 0.3) is 0 Å². The average molecular weight is 293 g/mol. The lowest BCUT2D eigenvalue weighted by Crippen LogP contribution is -2.46. The van der Waals surface area contributed by atoms with Gasteiger partial charge in [0.2, 0.25) is 5.91 Å². The molecule has 1 aliphatic heterocycles. The Labute approximate surface area is 126 Å². The van der Waals surface area contributed by atoms with Crippen LogP contribution in [0.5, 0.6) is 0 Å². The van der Waals surface area contributed by atoms with E-state index in [1.165, 1.54) is 25.7 Å². The lowest BCUT2D eigenvalue weighted by atomic mass is 9.74. The molecule has 3 fully saturated rings. The third kappa shape index (κ3) is 2.95. The summed E-state index contributed by atoms with van der Waals surface area (Å²) in [4.78, 5) is 26.2. The molecule has 1 saturated heterocycles. The fourth-order valence-electron chi connectivity index (χ4n) is 4.75. The number of carbonyl (C=O) groups excluding carboxylic acids is 1. The highest BCUT2D eigenvalue weighted by atomic mass is 16.4. The number of aliphatic carboxylic acids is 1. The van der Waals surface area contributed by atoms with Crippen LogP contribution < -0.4 is 0 Å². The molecule has 2 aliphatic carbocycles. The van der Waals surface area contributed by atoms with Gasteiger partial charge in [0.15, 0.2) is 0 Å². The zero-order valence-corrected chi connectivity index (χ0v) is 12.9. The summed E-state index contributed by atoms with van der Waals surface area (Å²) in [5.74, 6) is 0.799. The van der Waals surface area contributed by atoms with Crippen molar-refractivity contribution in [1.29, 1.82) is 0 Å². The first kappa shape index (κ1) is 14.9. The number of carboxylic acids is 1. The molecule has 1 heterocycles. The monoisotopic (exact) mass is 293 g/mol. The van der Waals surface area contributed by atoms with Crippen molar-refractivity contribution >= 4 is 11.9 Å². The van der Waals surface area contributed by atoms with Gasteiger partial charge in [-0.3, -0.25) is 9.59 Å². The predicted octanol–water partition coefficient (Wildman–Crippen LogP) is 3.06. The van der Waals surface area contributed by atoms with Gasteiger partial charge in [0.1, 0.15) is 0 Å². The molecule has 0 aromatic heterocycles. The number of hydrogen-bond donors (Lipinski definition) is 1. The summed E-state index contributed by atoms with van der Waals surface area (Å²) in [6.45, 7) is 1.72. The first-order chi connectivity index (χ1) is 10.1. The van der Waals surface area contributed by atoms with Crippen molar-refractivity contribution in [2.45, 2.75) is 64.2 Å². The summed E-state index contributed by atoms with van der Waals surface area (Å²) in [7, 11) is 0. The van der Waals surface area contributed by atoms with E-state index in [1.54, 1.807) is 0 Å². The molecule has 1 amide bonds. The van der Waals surface area contributed by atoms with Crippen molar-refractivity contribution < 1.29 is 14.7 Å². The van der Waals surface area contributed by atoms with Crippen molar-refractivity contribution in [2.75, 3.05) is 13.1 Å². The lowest BCUT2D eigenvalue weighted by Gasteiger charge is -2.42. The van der Waals surface area contributed by atoms with Crippen LogP contribution in [0.3, 0.4) is 0 Å². The van der Waals surface area contributed by atoms with E-state index in [1.807, 2.05) is 4.90 Å². The summed E-state index contributed by atoms with van der Waals surface area (Å²) >= 11 is 0. The second kappa shape index (κ2) is 5.98. The smallest absolute Gasteiger partial charge is 0.310 e. The molecule has 0 radical (unpaired) electrons. The van der Waals surface area contributed by atoms with Gasteiger partial charge in [0.05, 0.1) is 5.41 Å². The number of carbonyl (C=O) groups is 2. The summed E-state index contributed by atoms with van der Waals surface area (Å²) in [5, 5.41) is 9.53. The minimum absolute atomic E-state index is 0.0864. The second-order valence-corrected chi connectivity index (χ2v) is 7.40. The number of nitrogens with zero attached hydrogens (tertiary/aromatic N) is 1. The van der Waals surface area contributed by atoms with Crippen molar-refractivity contribution in [2.24, 2.45) is 17.3 Å². The van der Waals surface area contributed by atoms with Crippen molar-refractivity contribution in [1.82, 2.24) is 4.90 Å². The molecule has 3 aliphatic rings. The summed E-state index contributed by atoms with van der Waals surface area (Å²) in [6.07, 6.45) is 9.80. The maximum absolute atomic E-state index is 12.6. The molecule has 3 rings (SSSR count). The fourth-order valence-corrected chi connectivity index (χ4v) is 4.75. The minimum atomic E-state index is -0.763. The number of amides is 1. The predicted molar refractivity (Wildman–Crippen MR) is 79.8 cm³/mol. The topological polar surface area (TPSA) is 57.6 Å². The molecule has 2 atom stereocenters. The van der Waals surface area contributed by atoms with Crippen LogP contribution in [0.4, 0.5) is 0 Å². The van der Waals surface area contributed by atoms with Gasteiger partial charge in [-0.05, 0) is 37.5 Å². The summed E-state index contributed by atoms with van der Waals surface area (Å²) < 4.78 is 0. The van der Waals surface area contributed by atoms with Crippen LogP contribution in [0.15, 0.2) is 0 Å². The molecule has 0 aromatic carbocycles. The number of hydrogen-bond acceptors (Lipinski definition) is 2. The van der Waals surface area contributed by atoms with E-state index >= 15 is 0 Å². The summed E-state index contributed by atoms with van der Waals surface area (Å²) in [6, 6.07) is 0. The number of likely N-dealkylation sites (tertiary alicyclic amines) is 1. The molecule has 21 heavy (non-hydrogen) atoms. The zero-order chi connectivity index (χ0) is 14.9. The van der Waals surface area contributed by atoms with Gasteiger partial charge >= 0.3 is 5.97 Å². The molecule has 0 aromatic rings. The van der Waals surface area contributed by atoms with E-state index in [-0.39, 0.29) is 12.3 Å². The normalized spacial score (nSPS) is 31.7. The summed E-state index contributed by atoms with van der Waals surface area (Å²) in [5.41, 5.74) is -0.763.